The maximum Gasteiger partial charge on any atom is 1.00 e. The molecule has 0 radical (unpaired) electrons. The van der Waals surface area contributed by atoms with Crippen LogP contribution in [0.25, 0.3) is 0 Å². The van der Waals surface area contributed by atoms with E-state index in [1.165, 1.54) is 116 Å². The summed E-state index contributed by atoms with van der Waals surface area (Å²) in [6.07, 6.45) is 55.8. The Hall–Kier alpha value is -1.64. The molecule has 0 aliphatic carbocycles. The molecule has 114 heavy (non-hydrogen) atoms. The normalized spacial score (nSPS) is 14.2. The first-order valence-electron chi connectivity index (χ1n) is 44.8. The molecular weight excluding hydrogens is 1520 g/mol. The van der Waals surface area contributed by atoms with Crippen LogP contribution in [0.4, 0.5) is 0 Å². The van der Waals surface area contributed by atoms with Crippen LogP contribution in [0.1, 0.15) is 388 Å². The summed E-state index contributed by atoms with van der Waals surface area (Å²) in [5.74, 6) is -3.68. The van der Waals surface area contributed by atoms with Gasteiger partial charge in [0.15, 0.2) is 12.2 Å². The van der Waals surface area contributed by atoms with E-state index in [1.807, 2.05) is 0 Å². The molecule has 28 heteroatoms. The van der Waals surface area contributed by atoms with Gasteiger partial charge in [-0.3, -0.25) is 37.9 Å². The predicted molar refractivity (Wildman–Crippen MR) is 444 cm³/mol. The zero-order valence-corrected chi connectivity index (χ0v) is 79.0. The molecule has 6 N–H and O–H groups in total. The number of rotatable bonds is 85. The molecule has 0 saturated carbocycles. The minimum Gasteiger partial charge on any atom is -0.756 e. The van der Waals surface area contributed by atoms with E-state index in [0.29, 0.717) is 64.2 Å². The number of amides is 4. The monoisotopic (exact) mass is 1680 g/mol. The van der Waals surface area contributed by atoms with Crippen LogP contribution in [0.3, 0.4) is 0 Å². The quantitative estimate of drug-likeness (QED) is 0.0108. The summed E-state index contributed by atoms with van der Waals surface area (Å²) in [6, 6.07) is -1.84. The predicted octanol–water partition coefficient (Wildman–Crippen LogP) is 12.1. The van der Waals surface area contributed by atoms with Crippen molar-refractivity contribution in [3.05, 3.63) is 24.3 Å². The number of carbonyl (C=O) groups is 6. The molecule has 0 aliphatic heterocycles. The van der Waals surface area contributed by atoms with Crippen molar-refractivity contribution in [3.63, 3.8) is 0 Å². The van der Waals surface area contributed by atoms with E-state index in [9.17, 15) is 57.9 Å². The summed E-state index contributed by atoms with van der Waals surface area (Å²) in [7, 11) is -10.2. The van der Waals surface area contributed by atoms with Gasteiger partial charge in [-0.25, -0.2) is 0 Å². The molecular formula is C86H162N4Na2O20P2. The Bertz CT molecular complexity index is 2270. The van der Waals surface area contributed by atoms with Crippen LogP contribution in [0, 0.1) is 0 Å². The Morgan fingerprint density at radius 2 is 0.605 bits per heavy atom. The fourth-order valence-electron chi connectivity index (χ4n) is 12.8. The molecule has 0 rings (SSSR count). The van der Waals surface area contributed by atoms with Crippen LogP contribution in [-0.2, 0) is 74.9 Å². The van der Waals surface area contributed by atoms with E-state index in [2.05, 4.69) is 87.1 Å². The third-order valence-corrected chi connectivity index (χ3v) is 21.6. The Kier molecular flexibility index (Phi) is 86.8. The topological polar surface area (TPSA) is 345 Å². The van der Waals surface area contributed by atoms with Crippen LogP contribution in [-0.4, -0.2) is 148 Å². The van der Waals surface area contributed by atoms with Crippen molar-refractivity contribution < 1.29 is 154 Å². The minimum atomic E-state index is -5.10. The number of unbranched alkanes of at least 4 members (excludes halogenated alkanes) is 38. The fraction of sp³-hybridized carbons (Fsp3) is 0.884. The number of phosphoric acid groups is 2. The van der Waals surface area contributed by atoms with Crippen LogP contribution in [0.15, 0.2) is 24.3 Å². The van der Waals surface area contributed by atoms with Crippen molar-refractivity contribution in [2.24, 2.45) is 0 Å². The van der Waals surface area contributed by atoms with E-state index in [0.717, 1.165) is 154 Å². The number of nitrogens with one attached hydrogen (secondary N) is 4. The third-order valence-electron chi connectivity index (χ3n) is 19.7. The van der Waals surface area contributed by atoms with Crippen LogP contribution in [0.2, 0.25) is 0 Å². The second-order valence-electron chi connectivity index (χ2n) is 30.5. The van der Waals surface area contributed by atoms with Crippen molar-refractivity contribution in [1.82, 2.24) is 21.3 Å². The number of hydrogen-bond donors (Lipinski definition) is 6. The van der Waals surface area contributed by atoms with E-state index < -0.39 is 91.3 Å². The Balaban J connectivity index is -0.0000616. The molecule has 0 bridgehead atoms. The molecule has 658 valence electrons. The summed E-state index contributed by atoms with van der Waals surface area (Å²) in [5, 5.41) is 31.2. The fourth-order valence-corrected chi connectivity index (χ4v) is 14.3. The largest absolute Gasteiger partial charge is 1.00 e. The van der Waals surface area contributed by atoms with Gasteiger partial charge in [0, 0.05) is 51.6 Å². The van der Waals surface area contributed by atoms with Crippen LogP contribution < -0.4 is 90.2 Å². The van der Waals surface area contributed by atoms with Gasteiger partial charge in [0.2, 0.25) is 11.8 Å². The van der Waals surface area contributed by atoms with Gasteiger partial charge in [-0.15, -0.1) is 0 Å². The minimum absolute atomic E-state index is 0. The average Bonchev–Trinajstić information content (AvgIpc) is 0.902. The molecule has 0 aromatic heterocycles. The first-order valence-corrected chi connectivity index (χ1v) is 47.7. The van der Waals surface area contributed by atoms with Crippen LogP contribution >= 0.6 is 15.6 Å². The summed E-state index contributed by atoms with van der Waals surface area (Å²) in [5.41, 5.74) is 0. The van der Waals surface area contributed by atoms with Gasteiger partial charge < -0.3 is 78.3 Å². The first-order chi connectivity index (χ1) is 54.3. The number of aliphatic hydroxyl groups excluding tert-OH is 2. The second-order valence-corrected chi connectivity index (χ2v) is 33.3. The summed E-state index contributed by atoms with van der Waals surface area (Å²) < 4.78 is 70.4. The molecule has 0 aromatic rings. The number of ether oxygens (including phenoxy) is 4. The third kappa shape index (κ3) is 77.7. The second kappa shape index (κ2) is 84.9. The zero-order valence-electron chi connectivity index (χ0n) is 73.2. The summed E-state index contributed by atoms with van der Waals surface area (Å²) >= 11 is 0. The smallest absolute Gasteiger partial charge is 0.756 e. The van der Waals surface area contributed by atoms with Crippen molar-refractivity contribution in [3.8, 4) is 0 Å². The van der Waals surface area contributed by atoms with Gasteiger partial charge in [-0.2, -0.15) is 0 Å². The maximum absolute atomic E-state index is 13.3. The van der Waals surface area contributed by atoms with Crippen molar-refractivity contribution in [2.45, 2.75) is 425 Å². The van der Waals surface area contributed by atoms with Gasteiger partial charge in [-0.1, -0.05) is 284 Å². The van der Waals surface area contributed by atoms with Gasteiger partial charge in [0.1, 0.15) is 12.2 Å². The van der Waals surface area contributed by atoms with Crippen molar-refractivity contribution in [2.75, 3.05) is 65.9 Å². The van der Waals surface area contributed by atoms with Crippen molar-refractivity contribution in [1.29, 1.82) is 0 Å². The molecule has 0 aromatic carbocycles. The van der Waals surface area contributed by atoms with Gasteiger partial charge in [0.25, 0.3) is 27.5 Å². The number of hydrogen-bond acceptors (Lipinski definition) is 20. The number of esters is 2. The molecule has 0 aliphatic rings. The van der Waals surface area contributed by atoms with E-state index in [4.69, 9.17) is 37.0 Å². The van der Waals surface area contributed by atoms with Crippen molar-refractivity contribution >= 4 is 51.2 Å². The number of phosphoric ester groups is 2. The molecule has 0 heterocycles. The average molecular weight is 1680 g/mol. The SMILES string of the molecule is CCCCCC/C=C\CCCC(=O)O[C@H](CCCCCCC)CCOC[C@H](COP(=O)([O-])OCCNC(=O)[C@@H](O)[C@@H](O)C(=O)NCCOP(=O)([O-])OC[C@H](COCC[C@@H](CCCCCCC)OC(=O)CCC/C=C\CCCCCC)NC(=O)CCCCCCCCCCCCC)NC(=O)CCCCCCCCCCCCC.[Na+].[Na+]. The molecule has 4 amide bonds. The molecule has 0 saturated heterocycles. The van der Waals surface area contributed by atoms with E-state index >= 15 is 0 Å². The summed E-state index contributed by atoms with van der Waals surface area (Å²) in [6.45, 7) is 9.62. The molecule has 0 spiro atoms. The molecule has 0 fully saturated rings. The Morgan fingerprint density at radius 3 is 0.912 bits per heavy atom. The number of carbonyl (C=O) groups excluding carboxylic acids is 6. The maximum atomic E-state index is 13.3. The standard InChI is InChI=1S/C86H164N4O20P2.2Na/c1-7-13-19-25-29-33-35-39-41-47-53-59-79(91)89-75(71-103-67-63-77(57-51-45-23-17-11-5)109-81(93)61-55-49-43-37-31-27-21-15-9-3)73-107-111(99,100)105-69-65-87-85(97)83(95)84(96)86(98)88-66-70-106-112(101,102)108-74-76(90-80(92)60-54-48-42-40-36-34-30-26-20-14-8-2)72-104-68-64-78(58-52-46-24-18-12-6)110-82(94)62-56-50-44-38-32-28-22-16-10-4;;/h37-38,43-44,75-78,83-84,95-96H,7-36,39-42,45-74H2,1-6H3,(H,87,97)(H,88,98)(H,89,91)(H,90,92)(H,99,100)(H,101,102);;/q;2*+1/p-2/b43-37-,44-38-;;/t75-,76+,77-,78-,83+,84-;;/m1../s1. The van der Waals surface area contributed by atoms with Gasteiger partial charge in [-0.05, 0) is 89.9 Å². The molecule has 8 atom stereocenters. The van der Waals surface area contributed by atoms with Crippen LogP contribution in [0.5, 0.6) is 0 Å². The number of aliphatic hydroxyl groups is 2. The molecule has 2 unspecified atom stereocenters. The Morgan fingerprint density at radius 1 is 0.333 bits per heavy atom. The van der Waals surface area contributed by atoms with Gasteiger partial charge in [0.05, 0.1) is 64.9 Å². The van der Waals surface area contributed by atoms with Gasteiger partial charge >= 0.3 is 71.1 Å². The number of allylic oxidation sites excluding steroid dienone is 4. The summed E-state index contributed by atoms with van der Waals surface area (Å²) in [4.78, 5) is 104. The zero-order chi connectivity index (χ0) is 82.5. The van der Waals surface area contributed by atoms with E-state index in [-0.39, 0.29) is 134 Å². The van der Waals surface area contributed by atoms with E-state index in [1.54, 1.807) is 0 Å². The first kappa shape index (κ1) is 117. The Labute approximate surface area is 736 Å². The molecule has 24 nitrogen and oxygen atoms in total.